The highest BCUT2D eigenvalue weighted by atomic mass is 16.5. The predicted molar refractivity (Wildman–Crippen MR) is 58.1 cm³/mol. The van der Waals surface area contributed by atoms with Crippen LogP contribution in [0.25, 0.3) is 0 Å². The Bertz CT molecular complexity index is 113. The number of hydrogen-bond donors (Lipinski definition) is 1. The molecule has 0 saturated carbocycles. The molecule has 0 heterocycles. The van der Waals surface area contributed by atoms with Gasteiger partial charge in [0.2, 0.25) is 0 Å². The lowest BCUT2D eigenvalue weighted by Crippen LogP contribution is -2.31. The van der Waals surface area contributed by atoms with Crippen molar-refractivity contribution in [2.24, 2.45) is 5.41 Å². The fourth-order valence-electron chi connectivity index (χ4n) is 0.943. The summed E-state index contributed by atoms with van der Waals surface area (Å²) >= 11 is 0. The van der Waals surface area contributed by atoms with Crippen LogP contribution in [0.5, 0.6) is 0 Å². The second-order valence-corrected chi connectivity index (χ2v) is 4.31. The Balaban J connectivity index is 3.16. The van der Waals surface area contributed by atoms with Crippen molar-refractivity contribution in [1.29, 1.82) is 0 Å². The summed E-state index contributed by atoms with van der Waals surface area (Å²) in [5, 5.41) is 3.41. The second kappa shape index (κ2) is 7.34. The predicted octanol–water partition coefficient (Wildman–Crippen LogP) is 2.44. The van der Waals surface area contributed by atoms with Crippen LogP contribution in [0.15, 0.2) is 0 Å². The summed E-state index contributed by atoms with van der Waals surface area (Å²) < 4.78 is 5.37. The monoisotopic (exact) mass is 187 g/mol. The van der Waals surface area contributed by atoms with E-state index in [1.165, 1.54) is 6.42 Å². The van der Waals surface area contributed by atoms with E-state index in [2.05, 4.69) is 33.0 Å². The largest absolute Gasteiger partial charge is 0.380 e. The molecule has 0 spiro atoms. The van der Waals surface area contributed by atoms with Crippen molar-refractivity contribution in [2.75, 3.05) is 26.3 Å². The molecular formula is C11H25NO. The van der Waals surface area contributed by atoms with Crippen molar-refractivity contribution in [2.45, 2.75) is 40.5 Å². The van der Waals surface area contributed by atoms with E-state index >= 15 is 0 Å². The molecule has 0 aliphatic rings. The molecule has 0 aromatic rings. The molecule has 0 fully saturated rings. The van der Waals surface area contributed by atoms with Crippen LogP contribution in [0.1, 0.15) is 40.5 Å². The molecule has 80 valence electrons. The number of nitrogens with one attached hydrogen (secondary N) is 1. The van der Waals surface area contributed by atoms with Crippen LogP contribution in [0.4, 0.5) is 0 Å². The molecule has 0 aromatic carbocycles. The highest BCUT2D eigenvalue weighted by molar-refractivity contribution is 4.68. The molecule has 0 aliphatic carbocycles. The smallest absolute Gasteiger partial charge is 0.0590 e. The molecule has 0 rings (SSSR count). The summed E-state index contributed by atoms with van der Waals surface area (Å²) in [6, 6.07) is 0. The zero-order chi connectivity index (χ0) is 10.2. The standard InChI is InChI=1S/C11H25NO/c1-5-8-13-9-7-12-10-11(3,4)6-2/h12H,5-10H2,1-4H3. The van der Waals surface area contributed by atoms with Crippen molar-refractivity contribution in [3.05, 3.63) is 0 Å². The van der Waals surface area contributed by atoms with E-state index in [0.29, 0.717) is 5.41 Å². The Hall–Kier alpha value is -0.0800. The summed E-state index contributed by atoms with van der Waals surface area (Å²) in [5.74, 6) is 0. The van der Waals surface area contributed by atoms with E-state index in [1.54, 1.807) is 0 Å². The summed E-state index contributed by atoms with van der Waals surface area (Å²) in [6.45, 7) is 12.7. The van der Waals surface area contributed by atoms with E-state index in [1.807, 2.05) is 0 Å². The van der Waals surface area contributed by atoms with Crippen molar-refractivity contribution in [3.63, 3.8) is 0 Å². The lowest BCUT2D eigenvalue weighted by Gasteiger charge is -2.22. The van der Waals surface area contributed by atoms with Gasteiger partial charge < -0.3 is 10.1 Å². The molecule has 2 heteroatoms. The maximum absolute atomic E-state index is 5.37. The van der Waals surface area contributed by atoms with Crippen LogP contribution in [-0.2, 0) is 4.74 Å². The van der Waals surface area contributed by atoms with Gasteiger partial charge in [-0.25, -0.2) is 0 Å². The van der Waals surface area contributed by atoms with Gasteiger partial charge in [-0.05, 0) is 18.3 Å². The molecule has 0 atom stereocenters. The average molecular weight is 187 g/mol. The molecule has 0 aromatic heterocycles. The van der Waals surface area contributed by atoms with Crippen molar-refractivity contribution in [3.8, 4) is 0 Å². The molecule has 2 nitrogen and oxygen atoms in total. The van der Waals surface area contributed by atoms with Crippen molar-refractivity contribution >= 4 is 0 Å². The van der Waals surface area contributed by atoms with Gasteiger partial charge in [-0.2, -0.15) is 0 Å². The highest BCUT2D eigenvalue weighted by Crippen LogP contribution is 2.17. The van der Waals surface area contributed by atoms with Crippen LogP contribution in [0, 0.1) is 5.41 Å². The lowest BCUT2D eigenvalue weighted by atomic mass is 9.90. The summed E-state index contributed by atoms with van der Waals surface area (Å²) in [5.41, 5.74) is 0.421. The number of ether oxygens (including phenoxy) is 1. The molecule has 1 N–H and O–H groups in total. The number of hydrogen-bond acceptors (Lipinski definition) is 2. The normalized spacial score (nSPS) is 12.0. The summed E-state index contributed by atoms with van der Waals surface area (Å²) in [4.78, 5) is 0. The van der Waals surface area contributed by atoms with E-state index in [9.17, 15) is 0 Å². The molecule has 0 radical (unpaired) electrons. The third-order valence-electron chi connectivity index (χ3n) is 2.33. The van der Waals surface area contributed by atoms with E-state index in [0.717, 1.165) is 32.7 Å². The molecule has 0 aliphatic heterocycles. The first-order chi connectivity index (χ1) is 6.12. The third kappa shape index (κ3) is 8.26. The molecular weight excluding hydrogens is 162 g/mol. The molecule has 0 saturated heterocycles. The molecule has 0 unspecified atom stereocenters. The Labute approximate surface area is 83.1 Å². The van der Waals surface area contributed by atoms with E-state index in [-0.39, 0.29) is 0 Å². The van der Waals surface area contributed by atoms with Gasteiger partial charge >= 0.3 is 0 Å². The van der Waals surface area contributed by atoms with Crippen molar-refractivity contribution in [1.82, 2.24) is 5.32 Å². The molecule has 0 bridgehead atoms. The highest BCUT2D eigenvalue weighted by Gasteiger charge is 2.13. The first kappa shape index (κ1) is 12.9. The van der Waals surface area contributed by atoms with Gasteiger partial charge in [0, 0.05) is 19.7 Å². The topological polar surface area (TPSA) is 21.3 Å². The first-order valence-corrected chi connectivity index (χ1v) is 5.41. The maximum Gasteiger partial charge on any atom is 0.0590 e. The molecule has 13 heavy (non-hydrogen) atoms. The minimum absolute atomic E-state index is 0.421. The first-order valence-electron chi connectivity index (χ1n) is 5.41. The Morgan fingerprint density at radius 2 is 1.85 bits per heavy atom. The molecule has 0 amide bonds. The van der Waals surface area contributed by atoms with Gasteiger partial charge in [0.05, 0.1) is 6.61 Å². The van der Waals surface area contributed by atoms with Gasteiger partial charge in [0.15, 0.2) is 0 Å². The minimum Gasteiger partial charge on any atom is -0.380 e. The fourth-order valence-corrected chi connectivity index (χ4v) is 0.943. The van der Waals surface area contributed by atoms with Crippen LogP contribution < -0.4 is 5.32 Å². The van der Waals surface area contributed by atoms with Crippen LogP contribution in [0.2, 0.25) is 0 Å². The lowest BCUT2D eigenvalue weighted by molar-refractivity contribution is 0.134. The number of rotatable bonds is 8. The van der Waals surface area contributed by atoms with Crippen LogP contribution in [-0.4, -0.2) is 26.3 Å². The quantitative estimate of drug-likeness (QED) is 0.589. The second-order valence-electron chi connectivity index (χ2n) is 4.31. The van der Waals surface area contributed by atoms with Crippen LogP contribution in [0.3, 0.4) is 0 Å². The van der Waals surface area contributed by atoms with Crippen LogP contribution >= 0.6 is 0 Å². The third-order valence-corrected chi connectivity index (χ3v) is 2.33. The Morgan fingerprint density at radius 3 is 2.38 bits per heavy atom. The zero-order valence-electron chi connectivity index (χ0n) is 9.65. The maximum atomic E-state index is 5.37. The summed E-state index contributed by atoms with van der Waals surface area (Å²) in [7, 11) is 0. The minimum atomic E-state index is 0.421. The van der Waals surface area contributed by atoms with Gasteiger partial charge in [0.25, 0.3) is 0 Å². The zero-order valence-corrected chi connectivity index (χ0v) is 9.65. The van der Waals surface area contributed by atoms with Gasteiger partial charge in [0.1, 0.15) is 0 Å². The van der Waals surface area contributed by atoms with Gasteiger partial charge in [-0.1, -0.05) is 27.7 Å². The van der Waals surface area contributed by atoms with Gasteiger partial charge in [-0.15, -0.1) is 0 Å². The Kier molecular flexibility index (Phi) is 7.29. The van der Waals surface area contributed by atoms with E-state index in [4.69, 9.17) is 4.74 Å². The van der Waals surface area contributed by atoms with E-state index < -0.39 is 0 Å². The van der Waals surface area contributed by atoms with Gasteiger partial charge in [-0.3, -0.25) is 0 Å². The fraction of sp³-hybridized carbons (Fsp3) is 1.00. The Morgan fingerprint density at radius 1 is 1.15 bits per heavy atom. The average Bonchev–Trinajstić information content (AvgIpc) is 2.11. The SMILES string of the molecule is CCCOCCNCC(C)(C)CC. The van der Waals surface area contributed by atoms with Crippen molar-refractivity contribution < 1.29 is 4.74 Å². The summed E-state index contributed by atoms with van der Waals surface area (Å²) in [6.07, 6.45) is 2.33.